The number of carbonyl (C=O) groups excluding carboxylic acids is 1. The van der Waals surface area contributed by atoms with Crippen LogP contribution >= 0.6 is 0 Å². The average Bonchev–Trinajstić information content (AvgIpc) is 2.42. The van der Waals surface area contributed by atoms with Crippen molar-refractivity contribution >= 4 is 12.0 Å². The number of piperidine rings is 1. The number of carboxylic acids is 1. The Morgan fingerprint density at radius 1 is 1.42 bits per heavy atom. The molecule has 6 nitrogen and oxygen atoms in total. The average molecular weight is 272 g/mol. The summed E-state index contributed by atoms with van der Waals surface area (Å²) >= 11 is 0. The van der Waals surface area contributed by atoms with Gasteiger partial charge in [0.25, 0.3) is 0 Å². The number of aliphatic carboxylic acids is 1. The molecule has 19 heavy (non-hydrogen) atoms. The Labute approximate surface area is 114 Å². The number of likely N-dealkylation sites (tertiary alicyclic amines) is 1. The second-order valence-electron chi connectivity index (χ2n) is 4.98. The van der Waals surface area contributed by atoms with Crippen LogP contribution in [0.3, 0.4) is 0 Å². The van der Waals surface area contributed by atoms with Gasteiger partial charge in [-0.25, -0.2) is 4.79 Å². The highest BCUT2D eigenvalue weighted by molar-refractivity contribution is 5.74. The lowest BCUT2D eigenvalue weighted by Crippen LogP contribution is -2.46. The Morgan fingerprint density at radius 3 is 2.53 bits per heavy atom. The maximum Gasteiger partial charge on any atom is 0.317 e. The van der Waals surface area contributed by atoms with E-state index in [4.69, 9.17) is 9.84 Å². The van der Waals surface area contributed by atoms with Crippen LogP contribution in [0.2, 0.25) is 0 Å². The van der Waals surface area contributed by atoms with Crippen molar-refractivity contribution in [2.45, 2.75) is 38.7 Å². The smallest absolute Gasteiger partial charge is 0.317 e. The number of hydrogen-bond acceptors (Lipinski definition) is 3. The molecule has 0 aromatic rings. The van der Waals surface area contributed by atoms with Gasteiger partial charge in [0, 0.05) is 33.2 Å². The number of nitrogens with zero attached hydrogens (tertiary/aromatic N) is 1. The molecule has 0 saturated carbocycles. The molecule has 110 valence electrons. The van der Waals surface area contributed by atoms with Crippen molar-refractivity contribution in [3.8, 4) is 0 Å². The van der Waals surface area contributed by atoms with Crippen LogP contribution in [0.4, 0.5) is 4.79 Å². The monoisotopic (exact) mass is 272 g/mol. The van der Waals surface area contributed by atoms with Crippen molar-refractivity contribution < 1.29 is 19.4 Å². The summed E-state index contributed by atoms with van der Waals surface area (Å²) in [5.74, 6) is -0.819. The van der Waals surface area contributed by atoms with Gasteiger partial charge in [0.2, 0.25) is 0 Å². The van der Waals surface area contributed by atoms with Gasteiger partial charge in [0.15, 0.2) is 0 Å². The predicted octanol–water partition coefficient (Wildman–Crippen LogP) is 1.31. The van der Waals surface area contributed by atoms with E-state index < -0.39 is 5.97 Å². The summed E-state index contributed by atoms with van der Waals surface area (Å²) in [6.45, 7) is 3.75. The Hall–Kier alpha value is -1.30. The molecule has 2 amide bonds. The lowest BCUT2D eigenvalue weighted by molar-refractivity contribution is -0.138. The third kappa shape index (κ3) is 5.46. The van der Waals surface area contributed by atoms with Gasteiger partial charge >= 0.3 is 12.0 Å². The molecule has 1 unspecified atom stereocenters. The minimum absolute atomic E-state index is 0.00189. The molecule has 1 aliphatic heterocycles. The molecule has 0 spiro atoms. The van der Waals surface area contributed by atoms with E-state index in [-0.39, 0.29) is 24.5 Å². The van der Waals surface area contributed by atoms with E-state index in [2.05, 4.69) is 5.32 Å². The van der Waals surface area contributed by atoms with Gasteiger partial charge in [-0.2, -0.15) is 0 Å². The molecule has 1 heterocycles. The van der Waals surface area contributed by atoms with Gasteiger partial charge in [-0.1, -0.05) is 13.3 Å². The third-order valence-electron chi connectivity index (χ3n) is 3.65. The predicted molar refractivity (Wildman–Crippen MR) is 71.0 cm³/mol. The second kappa shape index (κ2) is 7.99. The molecule has 1 saturated heterocycles. The fourth-order valence-electron chi connectivity index (χ4n) is 2.25. The zero-order chi connectivity index (χ0) is 14.3. The lowest BCUT2D eigenvalue weighted by atomic mass is 10.0. The normalized spacial score (nSPS) is 18.1. The first kappa shape index (κ1) is 15.8. The van der Waals surface area contributed by atoms with E-state index in [0.29, 0.717) is 19.6 Å². The fourth-order valence-corrected chi connectivity index (χ4v) is 2.25. The number of hydrogen-bond donors (Lipinski definition) is 2. The van der Waals surface area contributed by atoms with E-state index in [9.17, 15) is 9.59 Å². The van der Waals surface area contributed by atoms with E-state index >= 15 is 0 Å². The maximum absolute atomic E-state index is 11.9. The number of rotatable bonds is 6. The quantitative estimate of drug-likeness (QED) is 0.764. The molecule has 1 aliphatic rings. The van der Waals surface area contributed by atoms with Gasteiger partial charge in [-0.05, 0) is 18.8 Å². The zero-order valence-electron chi connectivity index (χ0n) is 11.7. The molecule has 0 aromatic heterocycles. The van der Waals surface area contributed by atoms with Crippen LogP contribution in [0.1, 0.15) is 32.6 Å². The summed E-state index contributed by atoms with van der Waals surface area (Å²) in [7, 11) is 1.69. The van der Waals surface area contributed by atoms with E-state index in [0.717, 1.165) is 19.3 Å². The first-order valence-electron chi connectivity index (χ1n) is 6.84. The first-order chi connectivity index (χ1) is 9.06. The topological polar surface area (TPSA) is 78.9 Å². The summed E-state index contributed by atoms with van der Waals surface area (Å²) < 4.78 is 5.25. The molecule has 0 radical (unpaired) electrons. The number of nitrogens with one attached hydrogen (secondary N) is 1. The molecular weight excluding hydrogens is 248 g/mol. The lowest BCUT2D eigenvalue weighted by Gasteiger charge is -2.31. The number of carboxylic acid groups (broad SMARTS) is 1. The number of urea groups is 1. The van der Waals surface area contributed by atoms with Crippen molar-refractivity contribution in [3.05, 3.63) is 0 Å². The van der Waals surface area contributed by atoms with Crippen molar-refractivity contribution in [1.82, 2.24) is 10.2 Å². The van der Waals surface area contributed by atoms with Crippen molar-refractivity contribution in [3.63, 3.8) is 0 Å². The zero-order valence-corrected chi connectivity index (χ0v) is 11.7. The Balaban J connectivity index is 2.29. The SMILES string of the molecule is CCC(CNC(=O)N1CCC(OC)CC1)CC(=O)O. The molecular formula is C13H24N2O4. The molecule has 0 aliphatic carbocycles. The molecule has 1 rings (SSSR count). The van der Waals surface area contributed by atoms with Gasteiger partial charge in [-0.3, -0.25) is 4.79 Å². The Kier molecular flexibility index (Phi) is 6.62. The molecule has 0 aromatic carbocycles. The molecule has 1 fully saturated rings. The number of ether oxygens (including phenoxy) is 1. The molecule has 0 bridgehead atoms. The van der Waals surface area contributed by atoms with Crippen LogP contribution in [-0.4, -0.2) is 54.9 Å². The summed E-state index contributed by atoms with van der Waals surface area (Å²) in [5, 5.41) is 11.6. The number of amides is 2. The summed E-state index contributed by atoms with van der Waals surface area (Å²) in [6, 6.07) is -0.0987. The van der Waals surface area contributed by atoms with Gasteiger partial charge in [0.1, 0.15) is 0 Å². The van der Waals surface area contributed by atoms with Gasteiger partial charge < -0.3 is 20.1 Å². The highest BCUT2D eigenvalue weighted by atomic mass is 16.5. The minimum atomic E-state index is -0.818. The summed E-state index contributed by atoms with van der Waals surface area (Å²) in [4.78, 5) is 24.3. The van der Waals surface area contributed by atoms with Crippen molar-refractivity contribution in [2.24, 2.45) is 5.92 Å². The fraction of sp³-hybridized carbons (Fsp3) is 0.846. The van der Waals surface area contributed by atoms with Crippen molar-refractivity contribution in [1.29, 1.82) is 0 Å². The molecule has 6 heteroatoms. The summed E-state index contributed by atoms with van der Waals surface area (Å²) in [5.41, 5.74) is 0. The third-order valence-corrected chi connectivity index (χ3v) is 3.65. The van der Waals surface area contributed by atoms with Crippen LogP contribution in [-0.2, 0) is 9.53 Å². The van der Waals surface area contributed by atoms with Crippen LogP contribution in [0, 0.1) is 5.92 Å². The van der Waals surface area contributed by atoms with Crippen LogP contribution in [0.5, 0.6) is 0 Å². The standard InChI is InChI=1S/C13H24N2O4/c1-3-10(8-12(16)17)9-14-13(18)15-6-4-11(19-2)5-7-15/h10-11H,3-9H2,1-2H3,(H,14,18)(H,16,17). The van der Waals surface area contributed by atoms with E-state index in [1.807, 2.05) is 6.92 Å². The maximum atomic E-state index is 11.9. The van der Waals surface area contributed by atoms with Crippen LogP contribution in [0.25, 0.3) is 0 Å². The van der Waals surface area contributed by atoms with E-state index in [1.54, 1.807) is 12.0 Å². The van der Waals surface area contributed by atoms with E-state index in [1.165, 1.54) is 0 Å². The second-order valence-corrected chi connectivity index (χ2v) is 4.98. The van der Waals surface area contributed by atoms with Gasteiger partial charge in [-0.15, -0.1) is 0 Å². The number of carbonyl (C=O) groups is 2. The highest BCUT2D eigenvalue weighted by Crippen LogP contribution is 2.13. The minimum Gasteiger partial charge on any atom is -0.481 e. The van der Waals surface area contributed by atoms with Gasteiger partial charge in [0.05, 0.1) is 6.10 Å². The number of methoxy groups -OCH3 is 1. The van der Waals surface area contributed by atoms with Crippen LogP contribution in [0.15, 0.2) is 0 Å². The molecule has 1 atom stereocenters. The largest absolute Gasteiger partial charge is 0.481 e. The Bertz CT molecular complexity index is 301. The molecule has 2 N–H and O–H groups in total. The Morgan fingerprint density at radius 2 is 2.05 bits per heavy atom. The van der Waals surface area contributed by atoms with Crippen molar-refractivity contribution in [2.75, 3.05) is 26.7 Å². The summed E-state index contributed by atoms with van der Waals surface area (Å²) in [6.07, 6.45) is 2.81. The highest BCUT2D eigenvalue weighted by Gasteiger charge is 2.23. The van der Waals surface area contributed by atoms with Crippen LogP contribution < -0.4 is 5.32 Å². The first-order valence-corrected chi connectivity index (χ1v) is 6.84.